The number of rotatable bonds is 7. The summed E-state index contributed by atoms with van der Waals surface area (Å²) >= 11 is 0. The molecule has 2 aromatic carbocycles. The maximum absolute atomic E-state index is 13.0. The van der Waals surface area contributed by atoms with Crippen LogP contribution in [0.3, 0.4) is 0 Å². The third kappa shape index (κ3) is 4.84. The number of hydrogen-bond acceptors (Lipinski definition) is 9. The molecule has 2 aliphatic rings. The third-order valence-corrected chi connectivity index (χ3v) is 7.35. The van der Waals surface area contributed by atoms with Gasteiger partial charge in [0.15, 0.2) is 23.9 Å². The molecule has 1 fully saturated rings. The lowest BCUT2D eigenvalue weighted by molar-refractivity contribution is -0.385. The van der Waals surface area contributed by atoms with E-state index in [0.29, 0.717) is 30.5 Å². The second-order valence-corrected chi connectivity index (χ2v) is 9.41. The van der Waals surface area contributed by atoms with Gasteiger partial charge in [0.1, 0.15) is 19.0 Å². The second kappa shape index (κ2) is 9.73. The Morgan fingerprint density at radius 1 is 1.06 bits per heavy atom. The van der Waals surface area contributed by atoms with Crippen LogP contribution in [-0.2, 0) is 14.8 Å². The van der Waals surface area contributed by atoms with Crippen LogP contribution in [0.5, 0.6) is 23.0 Å². The molecule has 0 radical (unpaired) electrons. The van der Waals surface area contributed by atoms with Gasteiger partial charge in [-0.05, 0) is 24.3 Å². The summed E-state index contributed by atoms with van der Waals surface area (Å²) in [7, 11) is -2.39. The fraction of sp³-hybridized carbons (Fsp3) is 0.381. The number of nitro benzene ring substituents is 1. The molecule has 1 saturated heterocycles. The summed E-state index contributed by atoms with van der Waals surface area (Å²) in [5.74, 6) is 0.713. The van der Waals surface area contributed by atoms with Crippen LogP contribution in [0, 0.1) is 10.1 Å². The molecule has 0 unspecified atom stereocenters. The number of carbonyl (C=O) groups is 1. The van der Waals surface area contributed by atoms with Crippen molar-refractivity contribution in [3.8, 4) is 23.0 Å². The van der Waals surface area contributed by atoms with Gasteiger partial charge < -0.3 is 23.8 Å². The van der Waals surface area contributed by atoms with E-state index in [2.05, 4.69) is 0 Å². The Kier molecular flexibility index (Phi) is 6.75. The zero-order valence-electron chi connectivity index (χ0n) is 18.3. The maximum atomic E-state index is 13.0. The quantitative estimate of drug-likeness (QED) is 0.412. The summed E-state index contributed by atoms with van der Waals surface area (Å²) < 4.78 is 48.6. The van der Waals surface area contributed by atoms with E-state index in [1.54, 1.807) is 6.07 Å². The molecular weight excluding hydrogens is 470 g/mol. The van der Waals surface area contributed by atoms with E-state index in [0.717, 1.165) is 0 Å². The van der Waals surface area contributed by atoms with E-state index in [4.69, 9.17) is 18.9 Å². The van der Waals surface area contributed by atoms with Crippen LogP contribution in [0.2, 0.25) is 0 Å². The van der Waals surface area contributed by atoms with E-state index in [1.165, 1.54) is 46.6 Å². The number of ether oxygens (including phenoxy) is 4. The predicted molar refractivity (Wildman–Crippen MR) is 118 cm³/mol. The van der Waals surface area contributed by atoms with Gasteiger partial charge in [0.05, 0.1) is 23.0 Å². The Hall–Kier alpha value is -3.58. The summed E-state index contributed by atoms with van der Waals surface area (Å²) in [6.07, 6.45) is 0. The number of benzene rings is 2. The predicted octanol–water partition coefficient (Wildman–Crippen LogP) is 1.29. The third-order valence-electron chi connectivity index (χ3n) is 5.46. The Morgan fingerprint density at radius 2 is 1.76 bits per heavy atom. The van der Waals surface area contributed by atoms with Crippen LogP contribution in [0.4, 0.5) is 5.69 Å². The average molecular weight is 493 g/mol. The average Bonchev–Trinajstić information content (AvgIpc) is 2.86. The molecule has 0 aliphatic carbocycles. The molecule has 34 heavy (non-hydrogen) atoms. The fourth-order valence-electron chi connectivity index (χ4n) is 3.63. The number of sulfonamides is 1. The van der Waals surface area contributed by atoms with Gasteiger partial charge in [0.25, 0.3) is 5.91 Å². The van der Waals surface area contributed by atoms with Crippen LogP contribution in [0.1, 0.15) is 0 Å². The normalized spacial score (nSPS) is 16.1. The number of nitro groups is 1. The van der Waals surface area contributed by atoms with Crippen LogP contribution < -0.4 is 18.9 Å². The summed E-state index contributed by atoms with van der Waals surface area (Å²) in [6.45, 7) is 0.871. The first-order valence-electron chi connectivity index (χ1n) is 10.4. The summed E-state index contributed by atoms with van der Waals surface area (Å²) in [4.78, 5) is 24.8. The van der Waals surface area contributed by atoms with Crippen molar-refractivity contribution in [2.45, 2.75) is 4.90 Å². The van der Waals surface area contributed by atoms with E-state index in [1.807, 2.05) is 0 Å². The molecule has 4 rings (SSSR count). The van der Waals surface area contributed by atoms with Crippen molar-refractivity contribution >= 4 is 21.6 Å². The number of hydrogen-bond donors (Lipinski definition) is 0. The molecule has 0 aromatic heterocycles. The summed E-state index contributed by atoms with van der Waals surface area (Å²) in [5.41, 5.74) is -0.317. The van der Waals surface area contributed by atoms with E-state index in [9.17, 15) is 23.3 Å². The summed E-state index contributed by atoms with van der Waals surface area (Å²) in [6, 6.07) is 8.54. The highest BCUT2D eigenvalue weighted by Gasteiger charge is 2.31. The number of piperazine rings is 1. The van der Waals surface area contributed by atoms with Gasteiger partial charge in [0.2, 0.25) is 10.0 Å². The minimum atomic E-state index is -3.78. The molecule has 0 N–H and O–H groups in total. The zero-order valence-corrected chi connectivity index (χ0v) is 19.2. The van der Waals surface area contributed by atoms with Crippen LogP contribution >= 0.6 is 0 Å². The Balaban J connectivity index is 1.35. The lowest BCUT2D eigenvalue weighted by Gasteiger charge is -2.34. The Bertz CT molecular complexity index is 1190. The Labute approximate surface area is 195 Å². The molecule has 2 heterocycles. The standard InChI is InChI=1S/C21H23N3O9S/c1-30-15-2-4-18(17(12-15)24(26)27)33-14-21(25)22-6-8-23(9-7-22)34(28,29)16-3-5-19-20(13-16)32-11-10-31-19/h2-5,12-13H,6-11,14H2,1H3. The number of fused-ring (bicyclic) bond motifs is 1. The number of methoxy groups -OCH3 is 1. The minimum absolute atomic E-state index is 0.0565. The summed E-state index contributed by atoms with van der Waals surface area (Å²) in [5, 5.41) is 11.3. The monoisotopic (exact) mass is 493 g/mol. The maximum Gasteiger partial charge on any atom is 0.314 e. The lowest BCUT2D eigenvalue weighted by Crippen LogP contribution is -2.51. The fourth-order valence-corrected chi connectivity index (χ4v) is 5.07. The highest BCUT2D eigenvalue weighted by Crippen LogP contribution is 2.33. The first-order chi connectivity index (χ1) is 16.3. The van der Waals surface area contributed by atoms with Crippen LogP contribution in [-0.4, -0.2) is 81.6 Å². The van der Waals surface area contributed by atoms with Crippen molar-refractivity contribution in [3.05, 3.63) is 46.5 Å². The zero-order chi connectivity index (χ0) is 24.3. The van der Waals surface area contributed by atoms with Gasteiger partial charge >= 0.3 is 5.69 Å². The molecule has 1 amide bonds. The van der Waals surface area contributed by atoms with Gasteiger partial charge in [-0.1, -0.05) is 0 Å². The van der Waals surface area contributed by atoms with Gasteiger partial charge in [-0.15, -0.1) is 0 Å². The highest BCUT2D eigenvalue weighted by molar-refractivity contribution is 7.89. The van der Waals surface area contributed by atoms with Gasteiger partial charge in [-0.2, -0.15) is 4.31 Å². The molecule has 0 bridgehead atoms. The van der Waals surface area contributed by atoms with Gasteiger partial charge in [-0.25, -0.2) is 8.42 Å². The SMILES string of the molecule is COc1ccc(OCC(=O)N2CCN(S(=O)(=O)c3ccc4c(c3)OCCO4)CC2)c([N+](=O)[O-])c1. The molecule has 0 saturated carbocycles. The molecule has 12 nitrogen and oxygen atoms in total. The van der Waals surface area contributed by atoms with Crippen LogP contribution in [0.15, 0.2) is 41.3 Å². The first-order valence-corrected chi connectivity index (χ1v) is 11.9. The van der Waals surface area contributed by atoms with E-state index in [-0.39, 0.29) is 42.5 Å². The van der Waals surface area contributed by atoms with Crippen molar-refractivity contribution in [2.75, 3.05) is 53.1 Å². The smallest absolute Gasteiger partial charge is 0.314 e. The van der Waals surface area contributed by atoms with Crippen molar-refractivity contribution in [1.82, 2.24) is 9.21 Å². The lowest BCUT2D eigenvalue weighted by atomic mass is 10.3. The van der Waals surface area contributed by atoms with E-state index >= 15 is 0 Å². The Morgan fingerprint density at radius 3 is 2.44 bits per heavy atom. The van der Waals surface area contributed by atoms with Crippen LogP contribution in [0.25, 0.3) is 0 Å². The van der Waals surface area contributed by atoms with Gasteiger partial charge in [-0.3, -0.25) is 14.9 Å². The molecular formula is C21H23N3O9S. The van der Waals surface area contributed by atoms with Crippen molar-refractivity contribution in [3.63, 3.8) is 0 Å². The molecule has 0 spiro atoms. The molecule has 2 aromatic rings. The minimum Gasteiger partial charge on any atom is -0.496 e. The molecule has 0 atom stereocenters. The number of carbonyl (C=O) groups excluding carboxylic acids is 1. The molecule has 2 aliphatic heterocycles. The molecule has 13 heteroatoms. The topological polar surface area (TPSA) is 138 Å². The highest BCUT2D eigenvalue weighted by atomic mass is 32.2. The second-order valence-electron chi connectivity index (χ2n) is 7.47. The van der Waals surface area contributed by atoms with Crippen molar-refractivity contribution in [2.24, 2.45) is 0 Å². The van der Waals surface area contributed by atoms with Crippen molar-refractivity contribution < 1.29 is 37.1 Å². The van der Waals surface area contributed by atoms with Crippen molar-refractivity contribution in [1.29, 1.82) is 0 Å². The largest absolute Gasteiger partial charge is 0.496 e. The van der Waals surface area contributed by atoms with Gasteiger partial charge in [0, 0.05) is 32.2 Å². The van der Waals surface area contributed by atoms with E-state index < -0.39 is 27.5 Å². The molecule has 182 valence electrons. The first kappa shape index (κ1) is 23.6. The number of amides is 1. The number of nitrogens with zero attached hydrogens (tertiary/aromatic N) is 3.